The molecule has 1 aliphatic rings. The Bertz CT molecular complexity index is 416. The van der Waals surface area contributed by atoms with Crippen molar-refractivity contribution in [2.45, 2.75) is 39.2 Å². The van der Waals surface area contributed by atoms with Gasteiger partial charge in [-0.15, -0.1) is 0 Å². The van der Waals surface area contributed by atoms with E-state index in [1.807, 2.05) is 32.0 Å². The highest BCUT2D eigenvalue weighted by Gasteiger charge is 2.21. The van der Waals surface area contributed by atoms with E-state index in [4.69, 9.17) is 19.9 Å². The number of rotatable bonds is 9. The highest BCUT2D eigenvalue weighted by Crippen LogP contribution is 2.33. The minimum Gasteiger partial charge on any atom is -0.490 e. The van der Waals surface area contributed by atoms with Gasteiger partial charge in [0.2, 0.25) is 0 Å². The van der Waals surface area contributed by atoms with Gasteiger partial charge in [0.25, 0.3) is 0 Å². The average molecular weight is 279 g/mol. The Balaban J connectivity index is 1.99. The van der Waals surface area contributed by atoms with Crippen LogP contribution in [0.1, 0.15) is 32.3 Å². The smallest absolute Gasteiger partial charge is 0.189 e. The quantitative estimate of drug-likeness (QED) is 0.558. The van der Waals surface area contributed by atoms with Gasteiger partial charge in [0.15, 0.2) is 18.3 Å². The lowest BCUT2D eigenvalue weighted by Crippen LogP contribution is -2.19. The molecular weight excluding hydrogens is 254 g/mol. The third-order valence-electron chi connectivity index (χ3n) is 3.24. The molecule has 1 fully saturated rings. The summed E-state index contributed by atoms with van der Waals surface area (Å²) in [6, 6.07) is 6.01. The maximum absolute atomic E-state index is 5.89. The van der Waals surface area contributed by atoms with Crippen molar-refractivity contribution in [3.05, 3.63) is 23.8 Å². The minimum absolute atomic E-state index is 0.0848. The van der Waals surface area contributed by atoms with E-state index in [0.29, 0.717) is 6.61 Å². The molecule has 1 aromatic carbocycles. The fraction of sp³-hybridized carbons (Fsp3) is 0.625. The zero-order valence-corrected chi connectivity index (χ0v) is 12.4. The molecule has 0 spiro atoms. The molecule has 4 heteroatoms. The van der Waals surface area contributed by atoms with Crippen LogP contribution in [-0.2, 0) is 11.2 Å². The maximum atomic E-state index is 5.89. The van der Waals surface area contributed by atoms with Gasteiger partial charge < -0.3 is 19.9 Å². The van der Waals surface area contributed by atoms with E-state index in [2.05, 4.69) is 0 Å². The number of hydrogen-bond donors (Lipinski definition) is 1. The van der Waals surface area contributed by atoms with E-state index in [1.54, 1.807) is 0 Å². The molecule has 0 saturated heterocycles. The third-order valence-corrected chi connectivity index (χ3v) is 3.24. The van der Waals surface area contributed by atoms with Crippen LogP contribution in [0.15, 0.2) is 18.2 Å². The van der Waals surface area contributed by atoms with Crippen LogP contribution < -0.4 is 15.2 Å². The minimum atomic E-state index is 0.0848. The zero-order valence-electron chi connectivity index (χ0n) is 12.4. The largest absolute Gasteiger partial charge is 0.490 e. The van der Waals surface area contributed by atoms with Crippen LogP contribution in [0.3, 0.4) is 0 Å². The fourth-order valence-electron chi connectivity index (χ4n) is 2.10. The SMILES string of the molecule is CCOc1cccc(CC(C)N)c1OCOCC1CC1. The molecule has 0 radical (unpaired) electrons. The predicted octanol–water partition coefficient (Wildman–Crippen LogP) is 2.74. The molecule has 2 N–H and O–H groups in total. The van der Waals surface area contributed by atoms with Crippen LogP contribution in [0.25, 0.3) is 0 Å². The molecule has 1 saturated carbocycles. The first-order valence-electron chi connectivity index (χ1n) is 7.41. The molecule has 20 heavy (non-hydrogen) atoms. The molecule has 0 aliphatic heterocycles. The summed E-state index contributed by atoms with van der Waals surface area (Å²) in [5, 5.41) is 0. The van der Waals surface area contributed by atoms with Crippen molar-refractivity contribution in [2.24, 2.45) is 11.7 Å². The van der Waals surface area contributed by atoms with E-state index in [9.17, 15) is 0 Å². The third kappa shape index (κ3) is 4.69. The first-order chi connectivity index (χ1) is 9.70. The van der Waals surface area contributed by atoms with Crippen LogP contribution in [0.5, 0.6) is 11.5 Å². The molecule has 1 atom stereocenters. The molecule has 112 valence electrons. The van der Waals surface area contributed by atoms with Crippen molar-refractivity contribution in [2.75, 3.05) is 20.0 Å². The number of hydrogen-bond acceptors (Lipinski definition) is 4. The van der Waals surface area contributed by atoms with Gasteiger partial charge in [0.05, 0.1) is 13.2 Å². The molecular formula is C16H25NO3. The Morgan fingerprint density at radius 2 is 2.10 bits per heavy atom. The first kappa shape index (κ1) is 15.1. The summed E-state index contributed by atoms with van der Waals surface area (Å²) in [6.07, 6.45) is 3.33. The number of nitrogens with two attached hydrogens (primary N) is 1. The lowest BCUT2D eigenvalue weighted by Gasteiger charge is -2.17. The van der Waals surface area contributed by atoms with E-state index in [1.165, 1.54) is 12.8 Å². The second-order valence-electron chi connectivity index (χ2n) is 5.44. The Morgan fingerprint density at radius 1 is 1.30 bits per heavy atom. The fourth-order valence-corrected chi connectivity index (χ4v) is 2.10. The predicted molar refractivity (Wildman–Crippen MR) is 79.1 cm³/mol. The van der Waals surface area contributed by atoms with Gasteiger partial charge in [-0.05, 0) is 50.7 Å². The monoisotopic (exact) mass is 279 g/mol. The Kier molecular flexibility index (Phi) is 5.68. The summed E-state index contributed by atoms with van der Waals surface area (Å²) in [5.41, 5.74) is 6.96. The van der Waals surface area contributed by atoms with Crippen LogP contribution in [0.4, 0.5) is 0 Å². The molecule has 4 nitrogen and oxygen atoms in total. The molecule has 1 unspecified atom stereocenters. The van der Waals surface area contributed by atoms with Crippen molar-refractivity contribution in [3.63, 3.8) is 0 Å². The van der Waals surface area contributed by atoms with Gasteiger partial charge in [-0.2, -0.15) is 0 Å². The van der Waals surface area contributed by atoms with Crippen LogP contribution >= 0.6 is 0 Å². The first-order valence-corrected chi connectivity index (χ1v) is 7.41. The molecule has 1 aromatic rings. The van der Waals surface area contributed by atoms with Gasteiger partial charge in [-0.25, -0.2) is 0 Å². The van der Waals surface area contributed by atoms with Crippen molar-refractivity contribution in [1.29, 1.82) is 0 Å². The molecule has 2 rings (SSSR count). The number of ether oxygens (including phenoxy) is 3. The van der Waals surface area contributed by atoms with Crippen LogP contribution in [0.2, 0.25) is 0 Å². The van der Waals surface area contributed by atoms with Gasteiger partial charge >= 0.3 is 0 Å². The standard InChI is InChI=1S/C16H25NO3/c1-3-19-15-6-4-5-14(9-12(2)17)16(15)20-11-18-10-13-7-8-13/h4-6,12-13H,3,7-11,17H2,1-2H3. The van der Waals surface area contributed by atoms with Crippen molar-refractivity contribution < 1.29 is 14.2 Å². The van der Waals surface area contributed by atoms with E-state index < -0.39 is 0 Å². The summed E-state index contributed by atoms with van der Waals surface area (Å²) >= 11 is 0. The summed E-state index contributed by atoms with van der Waals surface area (Å²) < 4.78 is 17.0. The second kappa shape index (κ2) is 7.50. The highest BCUT2D eigenvalue weighted by atomic mass is 16.7. The summed E-state index contributed by atoms with van der Waals surface area (Å²) in [6.45, 7) is 5.62. The maximum Gasteiger partial charge on any atom is 0.189 e. The normalized spacial score (nSPS) is 15.9. The topological polar surface area (TPSA) is 53.7 Å². The lowest BCUT2D eigenvalue weighted by molar-refractivity contribution is 0.00783. The molecule has 0 bridgehead atoms. The van der Waals surface area contributed by atoms with Crippen molar-refractivity contribution >= 4 is 0 Å². The van der Waals surface area contributed by atoms with Crippen molar-refractivity contribution in [3.8, 4) is 11.5 Å². The molecule has 0 aromatic heterocycles. The Morgan fingerprint density at radius 3 is 2.75 bits per heavy atom. The Labute approximate surface area is 121 Å². The molecule has 0 amide bonds. The van der Waals surface area contributed by atoms with Crippen molar-refractivity contribution in [1.82, 2.24) is 0 Å². The van der Waals surface area contributed by atoms with Crippen LogP contribution in [0, 0.1) is 5.92 Å². The highest BCUT2D eigenvalue weighted by molar-refractivity contribution is 5.47. The van der Waals surface area contributed by atoms with Gasteiger partial charge in [-0.3, -0.25) is 0 Å². The summed E-state index contributed by atoms with van der Waals surface area (Å²) in [5.74, 6) is 2.27. The second-order valence-corrected chi connectivity index (χ2v) is 5.44. The molecule has 0 heterocycles. The average Bonchev–Trinajstić information content (AvgIpc) is 3.21. The number of para-hydroxylation sites is 1. The van der Waals surface area contributed by atoms with E-state index >= 15 is 0 Å². The summed E-state index contributed by atoms with van der Waals surface area (Å²) in [4.78, 5) is 0. The summed E-state index contributed by atoms with van der Waals surface area (Å²) in [7, 11) is 0. The zero-order chi connectivity index (χ0) is 14.4. The van der Waals surface area contributed by atoms with Crippen LogP contribution in [-0.4, -0.2) is 26.0 Å². The van der Waals surface area contributed by atoms with E-state index in [-0.39, 0.29) is 12.8 Å². The Hall–Kier alpha value is -1.26. The lowest BCUT2D eigenvalue weighted by atomic mass is 10.1. The van der Waals surface area contributed by atoms with Gasteiger partial charge in [-0.1, -0.05) is 12.1 Å². The number of benzene rings is 1. The van der Waals surface area contributed by atoms with Gasteiger partial charge in [0.1, 0.15) is 0 Å². The molecule has 1 aliphatic carbocycles. The van der Waals surface area contributed by atoms with E-state index in [0.717, 1.165) is 36.0 Å². The van der Waals surface area contributed by atoms with Gasteiger partial charge in [0, 0.05) is 6.04 Å².